The van der Waals surface area contributed by atoms with E-state index in [4.69, 9.17) is 5.73 Å². The molecule has 0 bridgehead atoms. The second-order valence-corrected chi connectivity index (χ2v) is 2.94. The summed E-state index contributed by atoms with van der Waals surface area (Å²) in [5, 5.41) is 11.2. The Bertz CT molecular complexity index is 360. The van der Waals surface area contributed by atoms with Gasteiger partial charge in [0.25, 0.3) is 5.91 Å². The second kappa shape index (κ2) is 4.99. The van der Waals surface area contributed by atoms with Crippen molar-refractivity contribution in [3.63, 3.8) is 0 Å². The first-order chi connectivity index (χ1) is 7.11. The fourth-order valence-corrected chi connectivity index (χ4v) is 0.980. The van der Waals surface area contributed by atoms with Crippen molar-refractivity contribution >= 4 is 17.5 Å². The highest BCUT2D eigenvalue weighted by molar-refractivity contribution is 5.96. The van der Waals surface area contributed by atoms with E-state index in [1.165, 1.54) is 13.1 Å². The topological polar surface area (TPSA) is 113 Å². The van der Waals surface area contributed by atoms with Gasteiger partial charge in [-0.2, -0.15) is 5.10 Å². The average molecular weight is 211 g/mol. The van der Waals surface area contributed by atoms with Gasteiger partial charge in [0.05, 0.1) is 11.9 Å². The van der Waals surface area contributed by atoms with E-state index < -0.39 is 0 Å². The quantitative estimate of drug-likeness (QED) is 0.471. The number of nitrogens with one attached hydrogen (secondary N) is 3. The third-order valence-electron chi connectivity index (χ3n) is 1.68. The number of nitrogens with two attached hydrogens (primary N) is 1. The van der Waals surface area contributed by atoms with Crippen LogP contribution in [-0.2, 0) is 4.79 Å². The van der Waals surface area contributed by atoms with Crippen molar-refractivity contribution in [2.75, 3.05) is 18.8 Å². The summed E-state index contributed by atoms with van der Waals surface area (Å²) >= 11 is 0. The average Bonchev–Trinajstić information content (AvgIpc) is 2.58. The molecule has 0 saturated heterocycles. The lowest BCUT2D eigenvalue weighted by molar-refractivity contribution is -0.118. The Morgan fingerprint density at radius 3 is 2.67 bits per heavy atom. The number of H-pyrrole nitrogens is 1. The Balaban J connectivity index is 2.31. The number of amides is 2. The number of anilines is 1. The van der Waals surface area contributed by atoms with E-state index in [2.05, 4.69) is 20.8 Å². The van der Waals surface area contributed by atoms with Crippen molar-refractivity contribution in [2.24, 2.45) is 0 Å². The molecule has 82 valence electrons. The molecule has 0 aliphatic carbocycles. The van der Waals surface area contributed by atoms with Crippen molar-refractivity contribution in [3.8, 4) is 0 Å². The van der Waals surface area contributed by atoms with E-state index >= 15 is 0 Å². The normalized spacial score (nSPS) is 9.67. The molecule has 1 aromatic rings. The molecule has 1 rings (SSSR count). The van der Waals surface area contributed by atoms with Crippen LogP contribution >= 0.6 is 0 Å². The van der Waals surface area contributed by atoms with E-state index in [1.807, 2.05) is 0 Å². The molecule has 7 heteroatoms. The van der Waals surface area contributed by atoms with Crippen LogP contribution in [0.1, 0.15) is 17.4 Å². The number of hydrogen-bond donors (Lipinski definition) is 4. The molecule has 0 aliphatic rings. The Kier molecular flexibility index (Phi) is 3.67. The summed E-state index contributed by atoms with van der Waals surface area (Å²) in [4.78, 5) is 21.9. The maximum atomic E-state index is 11.4. The van der Waals surface area contributed by atoms with Crippen LogP contribution in [0.15, 0.2) is 6.20 Å². The molecule has 0 aliphatic heterocycles. The molecule has 0 radical (unpaired) electrons. The molecular formula is C8H13N5O2. The van der Waals surface area contributed by atoms with Crippen LogP contribution in [0.5, 0.6) is 0 Å². The van der Waals surface area contributed by atoms with Gasteiger partial charge in [0.2, 0.25) is 5.91 Å². The van der Waals surface area contributed by atoms with Crippen molar-refractivity contribution in [1.29, 1.82) is 0 Å². The highest BCUT2D eigenvalue weighted by Gasteiger charge is 2.10. The minimum atomic E-state index is -0.338. The Hall–Kier alpha value is -2.05. The molecule has 2 amide bonds. The van der Waals surface area contributed by atoms with Crippen molar-refractivity contribution in [2.45, 2.75) is 6.92 Å². The van der Waals surface area contributed by atoms with Gasteiger partial charge in [0.15, 0.2) is 0 Å². The number of nitrogen functional groups attached to an aromatic ring is 1. The van der Waals surface area contributed by atoms with Crippen molar-refractivity contribution < 1.29 is 9.59 Å². The molecule has 5 N–H and O–H groups in total. The highest BCUT2D eigenvalue weighted by Crippen LogP contribution is 2.04. The lowest BCUT2D eigenvalue weighted by Gasteiger charge is -2.04. The van der Waals surface area contributed by atoms with Crippen LogP contribution in [0.25, 0.3) is 0 Å². The molecular weight excluding hydrogens is 198 g/mol. The largest absolute Gasteiger partial charge is 0.396 e. The number of nitrogens with zero attached hydrogens (tertiary/aromatic N) is 1. The molecule has 1 aromatic heterocycles. The van der Waals surface area contributed by atoms with Crippen molar-refractivity contribution in [1.82, 2.24) is 20.8 Å². The molecule has 0 aromatic carbocycles. The summed E-state index contributed by atoms with van der Waals surface area (Å²) in [5.74, 6) is -0.472. The van der Waals surface area contributed by atoms with Gasteiger partial charge in [0.1, 0.15) is 5.69 Å². The van der Waals surface area contributed by atoms with E-state index in [-0.39, 0.29) is 17.5 Å². The first kappa shape index (κ1) is 11.0. The Labute approximate surface area is 86.4 Å². The van der Waals surface area contributed by atoms with Crippen LogP contribution in [0.3, 0.4) is 0 Å². The first-order valence-electron chi connectivity index (χ1n) is 4.42. The summed E-state index contributed by atoms with van der Waals surface area (Å²) in [6, 6.07) is 0. The van der Waals surface area contributed by atoms with Gasteiger partial charge >= 0.3 is 0 Å². The maximum absolute atomic E-state index is 11.4. The van der Waals surface area contributed by atoms with Crippen molar-refractivity contribution in [3.05, 3.63) is 11.9 Å². The van der Waals surface area contributed by atoms with Crippen LogP contribution in [0.2, 0.25) is 0 Å². The Morgan fingerprint density at radius 2 is 2.13 bits per heavy atom. The highest BCUT2D eigenvalue weighted by atomic mass is 16.2. The summed E-state index contributed by atoms with van der Waals surface area (Å²) < 4.78 is 0. The summed E-state index contributed by atoms with van der Waals surface area (Å²) in [7, 11) is 0. The van der Waals surface area contributed by atoms with E-state index in [0.717, 1.165) is 0 Å². The van der Waals surface area contributed by atoms with Gasteiger partial charge in [-0.05, 0) is 0 Å². The molecule has 1 heterocycles. The van der Waals surface area contributed by atoms with Gasteiger partial charge in [-0.15, -0.1) is 0 Å². The summed E-state index contributed by atoms with van der Waals surface area (Å²) in [6.45, 7) is 2.14. The molecule has 0 atom stereocenters. The first-order valence-corrected chi connectivity index (χ1v) is 4.42. The van der Waals surface area contributed by atoms with Crippen LogP contribution in [0, 0.1) is 0 Å². The molecule has 0 spiro atoms. The number of aromatic amines is 1. The fraction of sp³-hybridized carbons (Fsp3) is 0.375. The van der Waals surface area contributed by atoms with Crippen LogP contribution in [-0.4, -0.2) is 35.1 Å². The van der Waals surface area contributed by atoms with E-state index in [9.17, 15) is 9.59 Å². The number of rotatable bonds is 4. The molecule has 0 unspecified atom stereocenters. The van der Waals surface area contributed by atoms with Gasteiger partial charge in [-0.3, -0.25) is 14.7 Å². The van der Waals surface area contributed by atoms with E-state index in [0.29, 0.717) is 18.8 Å². The minimum Gasteiger partial charge on any atom is -0.396 e. The van der Waals surface area contributed by atoms with Gasteiger partial charge < -0.3 is 16.4 Å². The van der Waals surface area contributed by atoms with Gasteiger partial charge in [0, 0.05) is 20.0 Å². The standard InChI is InChI=1S/C8H13N5O2/c1-5(14)10-2-3-11-8(15)7-6(9)4-12-13-7/h4H,2-3,9H2,1H3,(H,10,14)(H,11,15)(H,12,13). The number of carbonyl (C=O) groups excluding carboxylic acids is 2. The van der Waals surface area contributed by atoms with E-state index in [1.54, 1.807) is 0 Å². The lowest BCUT2D eigenvalue weighted by atomic mass is 10.3. The van der Waals surface area contributed by atoms with Gasteiger partial charge in [-0.25, -0.2) is 0 Å². The molecule has 0 saturated carbocycles. The minimum absolute atomic E-state index is 0.134. The predicted molar refractivity (Wildman–Crippen MR) is 54.0 cm³/mol. The third kappa shape index (κ3) is 3.29. The zero-order chi connectivity index (χ0) is 11.3. The number of carbonyl (C=O) groups is 2. The summed E-state index contributed by atoms with van der Waals surface area (Å²) in [6.07, 6.45) is 1.36. The molecule has 7 nitrogen and oxygen atoms in total. The maximum Gasteiger partial charge on any atom is 0.271 e. The SMILES string of the molecule is CC(=O)NCCNC(=O)c1[nH]ncc1N. The second-order valence-electron chi connectivity index (χ2n) is 2.94. The fourth-order valence-electron chi connectivity index (χ4n) is 0.980. The number of aromatic nitrogens is 2. The zero-order valence-corrected chi connectivity index (χ0v) is 8.33. The summed E-state index contributed by atoms with van der Waals surface area (Å²) in [5.41, 5.74) is 6.00. The molecule has 15 heavy (non-hydrogen) atoms. The van der Waals surface area contributed by atoms with Crippen LogP contribution < -0.4 is 16.4 Å². The molecule has 0 fully saturated rings. The zero-order valence-electron chi connectivity index (χ0n) is 8.33. The third-order valence-corrected chi connectivity index (χ3v) is 1.68. The van der Waals surface area contributed by atoms with Crippen LogP contribution in [0.4, 0.5) is 5.69 Å². The number of hydrogen-bond acceptors (Lipinski definition) is 4. The predicted octanol–water partition coefficient (Wildman–Crippen LogP) is -1.14. The lowest BCUT2D eigenvalue weighted by Crippen LogP contribution is -2.34. The van der Waals surface area contributed by atoms with Gasteiger partial charge in [-0.1, -0.05) is 0 Å². The monoisotopic (exact) mass is 211 g/mol. The smallest absolute Gasteiger partial charge is 0.271 e. The Morgan fingerprint density at radius 1 is 1.47 bits per heavy atom.